The Kier molecular flexibility index (Phi) is 5.63. The Bertz CT molecular complexity index is 349. The number of rotatable bonds is 5. The van der Waals surface area contributed by atoms with Gasteiger partial charge in [-0.05, 0) is 31.0 Å². The summed E-state index contributed by atoms with van der Waals surface area (Å²) in [6, 6.07) is 9.44. The molecule has 1 saturated heterocycles. The number of nitrogens with one attached hydrogen (secondary N) is 2. The van der Waals surface area contributed by atoms with Gasteiger partial charge in [0.1, 0.15) is 0 Å². The molecule has 4 heteroatoms. The number of ether oxygens (including phenoxy) is 1. The van der Waals surface area contributed by atoms with E-state index in [4.69, 9.17) is 4.74 Å². The summed E-state index contributed by atoms with van der Waals surface area (Å²) in [6.45, 7) is 5.81. The second-order valence-corrected chi connectivity index (χ2v) is 5.79. The van der Waals surface area contributed by atoms with Gasteiger partial charge in [-0.25, -0.2) is 0 Å². The lowest BCUT2D eigenvalue weighted by Gasteiger charge is -2.26. The fraction of sp³-hybridized carbons (Fsp3) is 0.571. The van der Waals surface area contributed by atoms with Crippen LogP contribution in [0.25, 0.3) is 0 Å². The van der Waals surface area contributed by atoms with Crippen molar-refractivity contribution in [1.82, 2.24) is 10.6 Å². The monoisotopic (exact) mass is 312 g/mol. The molecule has 1 aliphatic heterocycles. The second-order valence-electron chi connectivity index (χ2n) is 4.87. The van der Waals surface area contributed by atoms with Crippen LogP contribution in [0, 0.1) is 0 Å². The summed E-state index contributed by atoms with van der Waals surface area (Å²) in [6.07, 6.45) is 1.11. The highest BCUT2D eigenvalue weighted by Gasteiger charge is 2.15. The smallest absolute Gasteiger partial charge is 0.0620 e. The molecule has 1 aromatic rings. The molecule has 0 aliphatic carbocycles. The average Bonchev–Trinajstić information content (AvgIpc) is 2.39. The zero-order chi connectivity index (χ0) is 12.8. The third-order valence-corrected chi connectivity index (χ3v) is 3.73. The van der Waals surface area contributed by atoms with E-state index in [-0.39, 0.29) is 0 Å². The maximum Gasteiger partial charge on any atom is 0.0620 e. The molecule has 1 heterocycles. The van der Waals surface area contributed by atoms with Gasteiger partial charge in [0.15, 0.2) is 0 Å². The quantitative estimate of drug-likeness (QED) is 0.875. The Labute approximate surface area is 117 Å². The lowest BCUT2D eigenvalue weighted by molar-refractivity contribution is 0.0712. The van der Waals surface area contributed by atoms with Crippen molar-refractivity contribution in [2.24, 2.45) is 0 Å². The highest BCUT2D eigenvalue weighted by molar-refractivity contribution is 9.10. The van der Waals surface area contributed by atoms with Gasteiger partial charge >= 0.3 is 0 Å². The molecule has 2 atom stereocenters. The zero-order valence-corrected chi connectivity index (χ0v) is 12.4. The van der Waals surface area contributed by atoms with Crippen LogP contribution in [0.2, 0.25) is 0 Å². The van der Waals surface area contributed by atoms with Crippen LogP contribution in [0.5, 0.6) is 0 Å². The second kappa shape index (κ2) is 7.24. The van der Waals surface area contributed by atoms with Crippen LogP contribution in [0.4, 0.5) is 0 Å². The molecule has 1 aliphatic rings. The van der Waals surface area contributed by atoms with Crippen LogP contribution in [0.3, 0.4) is 0 Å². The van der Waals surface area contributed by atoms with Gasteiger partial charge in [0.2, 0.25) is 0 Å². The van der Waals surface area contributed by atoms with Gasteiger partial charge in [-0.1, -0.05) is 28.1 Å². The van der Waals surface area contributed by atoms with Gasteiger partial charge in [-0.2, -0.15) is 0 Å². The van der Waals surface area contributed by atoms with Crippen LogP contribution in [-0.4, -0.2) is 31.8 Å². The van der Waals surface area contributed by atoms with Crippen molar-refractivity contribution in [3.63, 3.8) is 0 Å². The Balaban J connectivity index is 1.70. The van der Waals surface area contributed by atoms with E-state index in [1.54, 1.807) is 0 Å². The van der Waals surface area contributed by atoms with Gasteiger partial charge in [-0.3, -0.25) is 0 Å². The largest absolute Gasteiger partial charge is 0.379 e. The standard InChI is InChI=1S/C14H21BrN2O/c1-11(8-14-10-18-7-6-16-14)17-9-12-2-4-13(15)5-3-12/h2-5,11,14,16-17H,6-10H2,1H3. The van der Waals surface area contributed by atoms with Crippen molar-refractivity contribution < 1.29 is 4.74 Å². The molecule has 0 bridgehead atoms. The van der Waals surface area contributed by atoms with E-state index in [1.807, 2.05) is 0 Å². The molecule has 100 valence electrons. The highest BCUT2D eigenvalue weighted by Crippen LogP contribution is 2.11. The maximum atomic E-state index is 5.46. The van der Waals surface area contributed by atoms with Gasteiger partial charge in [0.05, 0.1) is 13.2 Å². The van der Waals surface area contributed by atoms with Gasteiger partial charge in [0, 0.05) is 29.6 Å². The number of hydrogen-bond acceptors (Lipinski definition) is 3. The lowest BCUT2D eigenvalue weighted by Crippen LogP contribution is -2.44. The molecule has 0 saturated carbocycles. The average molecular weight is 313 g/mol. The van der Waals surface area contributed by atoms with Gasteiger partial charge in [-0.15, -0.1) is 0 Å². The van der Waals surface area contributed by atoms with Crippen LogP contribution in [0.15, 0.2) is 28.7 Å². The first kappa shape index (κ1) is 14.0. The minimum Gasteiger partial charge on any atom is -0.379 e. The van der Waals surface area contributed by atoms with Crippen molar-refractivity contribution in [2.45, 2.75) is 32.0 Å². The molecule has 2 rings (SSSR count). The first-order valence-corrected chi connectivity index (χ1v) is 7.32. The minimum atomic E-state index is 0.492. The SMILES string of the molecule is CC(CC1COCCN1)NCc1ccc(Br)cc1. The van der Waals surface area contributed by atoms with E-state index in [1.165, 1.54) is 5.56 Å². The molecular weight excluding hydrogens is 292 g/mol. The topological polar surface area (TPSA) is 33.3 Å². The highest BCUT2D eigenvalue weighted by atomic mass is 79.9. The van der Waals surface area contributed by atoms with E-state index in [2.05, 4.69) is 57.8 Å². The van der Waals surface area contributed by atoms with Crippen LogP contribution < -0.4 is 10.6 Å². The summed E-state index contributed by atoms with van der Waals surface area (Å²) in [5.74, 6) is 0. The number of hydrogen-bond donors (Lipinski definition) is 2. The molecule has 2 unspecified atom stereocenters. The van der Waals surface area contributed by atoms with E-state index in [0.29, 0.717) is 12.1 Å². The Morgan fingerprint density at radius 3 is 2.89 bits per heavy atom. The van der Waals surface area contributed by atoms with E-state index < -0.39 is 0 Å². The first-order chi connectivity index (χ1) is 8.74. The fourth-order valence-electron chi connectivity index (χ4n) is 2.18. The van der Waals surface area contributed by atoms with Crippen molar-refractivity contribution in [3.8, 4) is 0 Å². The Hall–Kier alpha value is -0.420. The number of halogens is 1. The predicted molar refractivity (Wildman–Crippen MR) is 77.7 cm³/mol. The summed E-state index contributed by atoms with van der Waals surface area (Å²) in [4.78, 5) is 0. The number of morpholine rings is 1. The zero-order valence-electron chi connectivity index (χ0n) is 10.8. The van der Waals surface area contributed by atoms with Gasteiger partial charge in [0.25, 0.3) is 0 Å². The summed E-state index contributed by atoms with van der Waals surface area (Å²) in [5, 5.41) is 7.04. The molecule has 18 heavy (non-hydrogen) atoms. The lowest BCUT2D eigenvalue weighted by atomic mass is 10.1. The number of benzene rings is 1. The predicted octanol–water partition coefficient (Wildman–Crippen LogP) is 2.31. The van der Waals surface area contributed by atoms with Crippen molar-refractivity contribution >= 4 is 15.9 Å². The molecule has 1 aromatic carbocycles. The normalized spacial score (nSPS) is 21.8. The van der Waals surface area contributed by atoms with Crippen LogP contribution >= 0.6 is 15.9 Å². The molecule has 1 fully saturated rings. The molecule has 0 spiro atoms. The van der Waals surface area contributed by atoms with Crippen LogP contribution in [0.1, 0.15) is 18.9 Å². The first-order valence-electron chi connectivity index (χ1n) is 6.53. The third kappa shape index (κ3) is 4.69. The summed E-state index contributed by atoms with van der Waals surface area (Å²) < 4.78 is 6.59. The summed E-state index contributed by atoms with van der Waals surface area (Å²) in [5.41, 5.74) is 1.32. The van der Waals surface area contributed by atoms with Crippen molar-refractivity contribution in [1.29, 1.82) is 0 Å². The van der Waals surface area contributed by atoms with E-state index in [0.717, 1.165) is 37.2 Å². The van der Waals surface area contributed by atoms with Gasteiger partial charge < -0.3 is 15.4 Å². The Morgan fingerprint density at radius 1 is 1.44 bits per heavy atom. The Morgan fingerprint density at radius 2 is 2.22 bits per heavy atom. The summed E-state index contributed by atoms with van der Waals surface area (Å²) >= 11 is 3.45. The summed E-state index contributed by atoms with van der Waals surface area (Å²) in [7, 11) is 0. The van der Waals surface area contributed by atoms with Crippen LogP contribution in [-0.2, 0) is 11.3 Å². The van der Waals surface area contributed by atoms with Crippen molar-refractivity contribution in [2.75, 3.05) is 19.8 Å². The molecule has 3 nitrogen and oxygen atoms in total. The minimum absolute atomic E-state index is 0.492. The molecular formula is C14H21BrN2O. The molecule has 0 amide bonds. The molecule has 2 N–H and O–H groups in total. The molecule has 0 aromatic heterocycles. The van der Waals surface area contributed by atoms with E-state index in [9.17, 15) is 0 Å². The van der Waals surface area contributed by atoms with Crippen molar-refractivity contribution in [3.05, 3.63) is 34.3 Å². The molecule has 0 radical (unpaired) electrons. The maximum absolute atomic E-state index is 5.46. The van der Waals surface area contributed by atoms with E-state index >= 15 is 0 Å². The fourth-order valence-corrected chi connectivity index (χ4v) is 2.44. The third-order valence-electron chi connectivity index (χ3n) is 3.20.